The number of para-hydroxylation sites is 1. The van der Waals surface area contributed by atoms with Crippen LogP contribution in [0.3, 0.4) is 0 Å². The third kappa shape index (κ3) is 4.19. The Hall–Kier alpha value is -1.59. The SMILES string of the molecule is COc1ccccc1C(CNC(=O)CN)N1CCCCC1. The zero-order valence-corrected chi connectivity index (χ0v) is 12.7. The topological polar surface area (TPSA) is 67.6 Å². The lowest BCUT2D eigenvalue weighted by atomic mass is 10.0. The molecule has 1 fully saturated rings. The molecular formula is C16H25N3O2. The molecule has 1 unspecified atom stereocenters. The van der Waals surface area contributed by atoms with Crippen molar-refractivity contribution in [2.24, 2.45) is 5.73 Å². The van der Waals surface area contributed by atoms with Crippen molar-refractivity contribution >= 4 is 5.91 Å². The first-order chi connectivity index (χ1) is 10.3. The summed E-state index contributed by atoms with van der Waals surface area (Å²) in [6, 6.07) is 8.16. The highest BCUT2D eigenvalue weighted by atomic mass is 16.5. The molecule has 5 nitrogen and oxygen atoms in total. The van der Waals surface area contributed by atoms with Gasteiger partial charge in [0, 0.05) is 12.1 Å². The Labute approximate surface area is 126 Å². The number of benzene rings is 1. The number of nitrogens with one attached hydrogen (secondary N) is 1. The number of carbonyl (C=O) groups excluding carboxylic acids is 1. The number of ether oxygens (including phenoxy) is 1. The average Bonchev–Trinajstić information content (AvgIpc) is 2.56. The van der Waals surface area contributed by atoms with Gasteiger partial charge in [0.25, 0.3) is 0 Å². The van der Waals surface area contributed by atoms with Gasteiger partial charge in [-0.05, 0) is 32.0 Å². The van der Waals surface area contributed by atoms with E-state index < -0.39 is 0 Å². The predicted octanol–water partition coefficient (Wildman–Crippen LogP) is 1.30. The van der Waals surface area contributed by atoms with Crippen LogP contribution in [-0.2, 0) is 4.79 Å². The van der Waals surface area contributed by atoms with Crippen LogP contribution in [0, 0.1) is 0 Å². The molecule has 0 aromatic heterocycles. The summed E-state index contributed by atoms with van der Waals surface area (Å²) in [7, 11) is 1.69. The molecule has 1 saturated heterocycles. The van der Waals surface area contributed by atoms with Gasteiger partial charge in [-0.2, -0.15) is 0 Å². The second kappa shape index (κ2) is 8.00. The molecule has 1 aromatic carbocycles. The highest BCUT2D eigenvalue weighted by molar-refractivity contribution is 5.77. The lowest BCUT2D eigenvalue weighted by Crippen LogP contribution is -2.42. The van der Waals surface area contributed by atoms with Gasteiger partial charge < -0.3 is 15.8 Å². The van der Waals surface area contributed by atoms with Crippen molar-refractivity contribution < 1.29 is 9.53 Å². The van der Waals surface area contributed by atoms with Gasteiger partial charge in [-0.25, -0.2) is 0 Å². The number of methoxy groups -OCH3 is 1. The largest absolute Gasteiger partial charge is 0.496 e. The van der Waals surface area contributed by atoms with Crippen LogP contribution in [-0.4, -0.2) is 44.1 Å². The minimum atomic E-state index is -0.119. The summed E-state index contributed by atoms with van der Waals surface area (Å²) in [4.78, 5) is 13.9. The van der Waals surface area contributed by atoms with E-state index in [9.17, 15) is 4.79 Å². The van der Waals surface area contributed by atoms with Crippen LogP contribution < -0.4 is 15.8 Å². The fraction of sp³-hybridized carbons (Fsp3) is 0.562. The lowest BCUT2D eigenvalue weighted by Gasteiger charge is -2.35. The van der Waals surface area contributed by atoms with Gasteiger partial charge in [-0.1, -0.05) is 24.6 Å². The molecule has 1 aliphatic rings. The monoisotopic (exact) mass is 291 g/mol. The van der Waals surface area contributed by atoms with Crippen molar-refractivity contribution in [2.75, 3.05) is 33.3 Å². The normalized spacial score (nSPS) is 17.2. The first-order valence-corrected chi connectivity index (χ1v) is 7.60. The van der Waals surface area contributed by atoms with Crippen LogP contribution >= 0.6 is 0 Å². The summed E-state index contributed by atoms with van der Waals surface area (Å²) >= 11 is 0. The van der Waals surface area contributed by atoms with Crippen LogP contribution in [0.2, 0.25) is 0 Å². The molecule has 116 valence electrons. The van der Waals surface area contributed by atoms with E-state index in [1.165, 1.54) is 19.3 Å². The van der Waals surface area contributed by atoms with Gasteiger partial charge in [0.05, 0.1) is 19.7 Å². The summed E-state index contributed by atoms with van der Waals surface area (Å²) < 4.78 is 5.49. The van der Waals surface area contributed by atoms with E-state index in [1.54, 1.807) is 7.11 Å². The molecule has 0 spiro atoms. The van der Waals surface area contributed by atoms with E-state index >= 15 is 0 Å². The Kier molecular flexibility index (Phi) is 6.02. The number of hydrogen-bond acceptors (Lipinski definition) is 4. The first-order valence-electron chi connectivity index (χ1n) is 7.60. The Balaban J connectivity index is 2.19. The molecule has 0 radical (unpaired) electrons. The maximum Gasteiger partial charge on any atom is 0.233 e. The molecule has 0 bridgehead atoms. The quantitative estimate of drug-likeness (QED) is 0.829. The van der Waals surface area contributed by atoms with Gasteiger partial charge in [-0.15, -0.1) is 0 Å². The Morgan fingerprint density at radius 3 is 2.71 bits per heavy atom. The van der Waals surface area contributed by atoms with Crippen molar-refractivity contribution in [1.82, 2.24) is 10.2 Å². The van der Waals surface area contributed by atoms with Crippen molar-refractivity contribution in [1.29, 1.82) is 0 Å². The Bertz CT molecular complexity index is 459. The van der Waals surface area contributed by atoms with Gasteiger partial charge in [-0.3, -0.25) is 9.69 Å². The molecule has 3 N–H and O–H groups in total. The number of nitrogens with two attached hydrogens (primary N) is 1. The Morgan fingerprint density at radius 1 is 1.33 bits per heavy atom. The maximum absolute atomic E-state index is 11.5. The number of nitrogens with zero attached hydrogens (tertiary/aromatic N) is 1. The molecule has 1 aromatic rings. The molecular weight excluding hydrogens is 266 g/mol. The van der Waals surface area contributed by atoms with Crippen LogP contribution in [0.4, 0.5) is 0 Å². The maximum atomic E-state index is 11.5. The first kappa shape index (κ1) is 15.8. The smallest absolute Gasteiger partial charge is 0.233 e. The van der Waals surface area contributed by atoms with E-state index in [0.29, 0.717) is 6.54 Å². The summed E-state index contributed by atoms with van der Waals surface area (Å²) in [5, 5.41) is 2.92. The zero-order valence-electron chi connectivity index (χ0n) is 12.7. The second-order valence-corrected chi connectivity index (χ2v) is 5.36. The third-order valence-electron chi connectivity index (χ3n) is 4.01. The fourth-order valence-corrected chi connectivity index (χ4v) is 2.89. The minimum Gasteiger partial charge on any atom is -0.496 e. The Morgan fingerprint density at radius 2 is 2.05 bits per heavy atom. The summed E-state index contributed by atoms with van der Waals surface area (Å²) in [5.74, 6) is 0.752. The van der Waals surface area contributed by atoms with Crippen molar-refractivity contribution in [2.45, 2.75) is 25.3 Å². The van der Waals surface area contributed by atoms with Crippen molar-refractivity contribution in [3.05, 3.63) is 29.8 Å². The van der Waals surface area contributed by atoms with Gasteiger partial charge >= 0.3 is 0 Å². The third-order valence-corrected chi connectivity index (χ3v) is 4.01. The van der Waals surface area contributed by atoms with E-state index in [1.807, 2.05) is 18.2 Å². The van der Waals surface area contributed by atoms with Gasteiger partial charge in [0.15, 0.2) is 0 Å². The summed E-state index contributed by atoms with van der Waals surface area (Å²) in [5.41, 5.74) is 6.51. The molecule has 1 aliphatic heterocycles. The molecule has 21 heavy (non-hydrogen) atoms. The molecule has 1 atom stereocenters. The number of carbonyl (C=O) groups is 1. The minimum absolute atomic E-state index is 0.0264. The fourth-order valence-electron chi connectivity index (χ4n) is 2.89. The average molecular weight is 291 g/mol. The highest BCUT2D eigenvalue weighted by Crippen LogP contribution is 2.30. The number of rotatable bonds is 6. The second-order valence-electron chi connectivity index (χ2n) is 5.36. The molecule has 0 saturated carbocycles. The number of likely N-dealkylation sites (tertiary alicyclic amines) is 1. The van der Waals surface area contributed by atoms with Gasteiger partial charge in [0.1, 0.15) is 5.75 Å². The van der Waals surface area contributed by atoms with Crippen LogP contribution in [0.15, 0.2) is 24.3 Å². The van der Waals surface area contributed by atoms with E-state index in [-0.39, 0.29) is 18.5 Å². The number of amides is 1. The molecule has 2 rings (SSSR count). The number of piperidine rings is 1. The van der Waals surface area contributed by atoms with E-state index in [2.05, 4.69) is 16.3 Å². The number of hydrogen-bond donors (Lipinski definition) is 2. The highest BCUT2D eigenvalue weighted by Gasteiger charge is 2.25. The standard InChI is InChI=1S/C16H25N3O2/c1-21-15-8-4-3-7-13(15)14(12-18-16(20)11-17)19-9-5-2-6-10-19/h3-4,7-8,14H,2,5-6,9-12,17H2,1H3,(H,18,20). The lowest BCUT2D eigenvalue weighted by molar-refractivity contribution is -0.120. The van der Waals surface area contributed by atoms with Crippen LogP contribution in [0.5, 0.6) is 5.75 Å². The molecule has 1 heterocycles. The van der Waals surface area contributed by atoms with Crippen molar-refractivity contribution in [3.63, 3.8) is 0 Å². The summed E-state index contributed by atoms with van der Waals surface area (Å²) in [6.45, 7) is 2.71. The molecule has 5 heteroatoms. The van der Waals surface area contributed by atoms with E-state index in [4.69, 9.17) is 10.5 Å². The molecule has 0 aliphatic carbocycles. The van der Waals surface area contributed by atoms with Crippen molar-refractivity contribution in [3.8, 4) is 5.75 Å². The van der Waals surface area contributed by atoms with E-state index in [0.717, 1.165) is 24.4 Å². The zero-order chi connectivity index (χ0) is 15.1. The van der Waals surface area contributed by atoms with Crippen LogP contribution in [0.1, 0.15) is 30.9 Å². The predicted molar refractivity (Wildman–Crippen MR) is 83.2 cm³/mol. The van der Waals surface area contributed by atoms with Gasteiger partial charge in [0.2, 0.25) is 5.91 Å². The summed E-state index contributed by atoms with van der Waals surface area (Å²) in [6.07, 6.45) is 3.69. The molecule has 1 amide bonds. The van der Waals surface area contributed by atoms with Crippen LogP contribution in [0.25, 0.3) is 0 Å².